The normalized spacial score (nSPS) is 16.1. The molecule has 1 aliphatic rings. The summed E-state index contributed by atoms with van der Waals surface area (Å²) in [4.78, 5) is 14.3. The summed E-state index contributed by atoms with van der Waals surface area (Å²) in [6.07, 6.45) is 7.68. The van der Waals surface area contributed by atoms with Crippen LogP contribution in [0, 0.1) is 10.1 Å². The number of nitro groups is 1. The standard InChI is InChI=1S/C13H18ClN3O3/c14-10-8-12(17(18)19)13(16-9-10)15-6-7-20-11-4-2-1-3-5-11/h8-9,11H,1-7H2,(H,15,16). The summed E-state index contributed by atoms with van der Waals surface area (Å²) in [6, 6.07) is 1.29. The summed E-state index contributed by atoms with van der Waals surface area (Å²) in [5, 5.41) is 14.1. The SMILES string of the molecule is O=[N+]([O-])c1cc(Cl)cnc1NCCOC1CCCCC1. The highest BCUT2D eigenvalue weighted by Crippen LogP contribution is 2.25. The summed E-state index contributed by atoms with van der Waals surface area (Å²) in [6.45, 7) is 1.01. The number of nitrogens with one attached hydrogen (secondary N) is 1. The van der Waals surface area contributed by atoms with Crippen LogP contribution in [0.15, 0.2) is 12.3 Å². The third-order valence-corrected chi connectivity index (χ3v) is 3.54. The van der Waals surface area contributed by atoms with E-state index in [4.69, 9.17) is 16.3 Å². The molecule has 0 aliphatic heterocycles. The van der Waals surface area contributed by atoms with Gasteiger partial charge in [-0.25, -0.2) is 4.98 Å². The van der Waals surface area contributed by atoms with Crippen LogP contribution in [0.2, 0.25) is 5.02 Å². The minimum Gasteiger partial charge on any atom is -0.376 e. The molecular formula is C13H18ClN3O3. The highest BCUT2D eigenvalue weighted by molar-refractivity contribution is 6.30. The number of rotatable bonds is 6. The van der Waals surface area contributed by atoms with Crippen molar-refractivity contribution in [2.45, 2.75) is 38.2 Å². The molecule has 0 bridgehead atoms. The molecule has 2 rings (SSSR count). The number of pyridine rings is 1. The van der Waals surface area contributed by atoms with E-state index in [-0.39, 0.29) is 16.5 Å². The first-order chi connectivity index (χ1) is 9.66. The topological polar surface area (TPSA) is 77.3 Å². The van der Waals surface area contributed by atoms with E-state index in [1.54, 1.807) is 0 Å². The second kappa shape index (κ2) is 7.40. The fourth-order valence-corrected chi connectivity index (χ4v) is 2.48. The van der Waals surface area contributed by atoms with Gasteiger partial charge in [-0.1, -0.05) is 30.9 Å². The molecule has 0 unspecified atom stereocenters. The van der Waals surface area contributed by atoms with Crippen molar-refractivity contribution in [1.29, 1.82) is 0 Å². The van der Waals surface area contributed by atoms with Crippen LogP contribution < -0.4 is 5.32 Å². The maximum absolute atomic E-state index is 10.9. The van der Waals surface area contributed by atoms with Crippen molar-refractivity contribution in [2.24, 2.45) is 0 Å². The van der Waals surface area contributed by atoms with Gasteiger partial charge in [-0.2, -0.15) is 0 Å². The van der Waals surface area contributed by atoms with Crippen LogP contribution >= 0.6 is 11.6 Å². The highest BCUT2D eigenvalue weighted by Gasteiger charge is 2.16. The molecule has 7 heteroatoms. The predicted molar refractivity (Wildman–Crippen MR) is 77.2 cm³/mol. The molecule has 0 saturated heterocycles. The molecule has 1 heterocycles. The Bertz CT molecular complexity index is 464. The fraction of sp³-hybridized carbons (Fsp3) is 0.615. The molecule has 1 N–H and O–H groups in total. The lowest BCUT2D eigenvalue weighted by Crippen LogP contribution is -2.21. The maximum atomic E-state index is 10.9. The highest BCUT2D eigenvalue weighted by atomic mass is 35.5. The van der Waals surface area contributed by atoms with E-state index in [0.29, 0.717) is 19.3 Å². The van der Waals surface area contributed by atoms with Gasteiger partial charge in [0.2, 0.25) is 5.82 Å². The smallest absolute Gasteiger partial charge is 0.312 e. The number of hydrogen-bond acceptors (Lipinski definition) is 5. The van der Waals surface area contributed by atoms with E-state index in [9.17, 15) is 10.1 Å². The van der Waals surface area contributed by atoms with Gasteiger partial charge in [0, 0.05) is 18.8 Å². The molecular weight excluding hydrogens is 282 g/mol. The molecule has 0 amide bonds. The van der Waals surface area contributed by atoms with Crippen molar-refractivity contribution in [3.8, 4) is 0 Å². The Morgan fingerprint density at radius 3 is 2.90 bits per heavy atom. The minimum absolute atomic E-state index is 0.116. The maximum Gasteiger partial charge on any atom is 0.312 e. The first-order valence-corrected chi connectivity index (χ1v) is 7.20. The summed E-state index contributed by atoms with van der Waals surface area (Å²) in [7, 11) is 0. The van der Waals surface area contributed by atoms with Gasteiger partial charge in [0.05, 0.1) is 22.7 Å². The zero-order valence-electron chi connectivity index (χ0n) is 11.2. The second-order valence-electron chi connectivity index (χ2n) is 4.84. The molecule has 0 atom stereocenters. The van der Waals surface area contributed by atoms with E-state index in [1.807, 2.05) is 0 Å². The van der Waals surface area contributed by atoms with Gasteiger partial charge in [0.1, 0.15) is 0 Å². The molecule has 1 aliphatic carbocycles. The number of hydrogen-bond donors (Lipinski definition) is 1. The Morgan fingerprint density at radius 2 is 2.20 bits per heavy atom. The van der Waals surface area contributed by atoms with Gasteiger partial charge in [0.25, 0.3) is 0 Å². The Balaban J connectivity index is 1.80. The summed E-state index contributed by atoms with van der Waals surface area (Å²) in [5.41, 5.74) is -0.116. The van der Waals surface area contributed by atoms with E-state index >= 15 is 0 Å². The van der Waals surface area contributed by atoms with Crippen LogP contribution in [0.5, 0.6) is 0 Å². The second-order valence-corrected chi connectivity index (χ2v) is 5.27. The zero-order valence-corrected chi connectivity index (χ0v) is 11.9. The lowest BCUT2D eigenvalue weighted by molar-refractivity contribution is -0.384. The molecule has 110 valence electrons. The fourth-order valence-electron chi connectivity index (χ4n) is 2.33. The van der Waals surface area contributed by atoms with Crippen LogP contribution in [0.4, 0.5) is 11.5 Å². The molecule has 1 saturated carbocycles. The van der Waals surface area contributed by atoms with Gasteiger partial charge < -0.3 is 10.1 Å². The minimum atomic E-state index is -0.497. The zero-order chi connectivity index (χ0) is 14.4. The quantitative estimate of drug-likeness (QED) is 0.495. The Hall–Kier alpha value is -1.40. The van der Waals surface area contributed by atoms with Gasteiger partial charge in [-0.3, -0.25) is 10.1 Å². The van der Waals surface area contributed by atoms with Crippen LogP contribution in [0.25, 0.3) is 0 Å². The van der Waals surface area contributed by atoms with Gasteiger partial charge in [-0.15, -0.1) is 0 Å². The number of nitrogens with zero attached hydrogens (tertiary/aromatic N) is 2. The third kappa shape index (κ3) is 4.31. The van der Waals surface area contributed by atoms with Crippen LogP contribution in [-0.2, 0) is 4.74 Å². The van der Waals surface area contributed by atoms with E-state index < -0.39 is 4.92 Å². The number of ether oxygens (including phenoxy) is 1. The average molecular weight is 300 g/mol. The van der Waals surface area contributed by atoms with Gasteiger partial charge in [-0.05, 0) is 12.8 Å². The van der Waals surface area contributed by atoms with Crippen LogP contribution in [-0.4, -0.2) is 29.2 Å². The van der Waals surface area contributed by atoms with E-state index in [0.717, 1.165) is 12.8 Å². The number of halogens is 1. The summed E-state index contributed by atoms with van der Waals surface area (Å²) >= 11 is 5.70. The van der Waals surface area contributed by atoms with Crippen molar-refractivity contribution in [2.75, 3.05) is 18.5 Å². The Kier molecular flexibility index (Phi) is 5.55. The monoisotopic (exact) mass is 299 g/mol. The first kappa shape index (κ1) is 15.0. The van der Waals surface area contributed by atoms with Crippen LogP contribution in [0.1, 0.15) is 32.1 Å². The van der Waals surface area contributed by atoms with Crippen molar-refractivity contribution >= 4 is 23.1 Å². The molecule has 0 spiro atoms. The molecule has 1 fully saturated rings. The van der Waals surface area contributed by atoms with Crippen LogP contribution in [0.3, 0.4) is 0 Å². The van der Waals surface area contributed by atoms with Crippen molar-refractivity contribution < 1.29 is 9.66 Å². The molecule has 0 radical (unpaired) electrons. The van der Waals surface area contributed by atoms with Gasteiger partial charge >= 0.3 is 5.69 Å². The number of anilines is 1. The lowest BCUT2D eigenvalue weighted by atomic mass is 9.98. The third-order valence-electron chi connectivity index (χ3n) is 3.33. The predicted octanol–water partition coefficient (Wildman–Crippen LogP) is 3.40. The van der Waals surface area contributed by atoms with Crippen molar-refractivity contribution in [3.63, 3.8) is 0 Å². The molecule has 1 aromatic rings. The average Bonchev–Trinajstić information content (AvgIpc) is 2.45. The Morgan fingerprint density at radius 1 is 1.45 bits per heavy atom. The summed E-state index contributed by atoms with van der Waals surface area (Å²) in [5.74, 6) is 0.228. The molecule has 6 nitrogen and oxygen atoms in total. The van der Waals surface area contributed by atoms with Crippen molar-refractivity contribution in [1.82, 2.24) is 4.98 Å². The molecule has 0 aromatic carbocycles. The van der Waals surface area contributed by atoms with Gasteiger partial charge in [0.15, 0.2) is 0 Å². The lowest BCUT2D eigenvalue weighted by Gasteiger charge is -2.22. The molecule has 1 aromatic heterocycles. The van der Waals surface area contributed by atoms with E-state index in [2.05, 4.69) is 10.3 Å². The summed E-state index contributed by atoms with van der Waals surface area (Å²) < 4.78 is 5.74. The largest absolute Gasteiger partial charge is 0.376 e. The van der Waals surface area contributed by atoms with E-state index in [1.165, 1.54) is 31.5 Å². The molecule has 20 heavy (non-hydrogen) atoms. The van der Waals surface area contributed by atoms with Crippen molar-refractivity contribution in [3.05, 3.63) is 27.4 Å². The first-order valence-electron chi connectivity index (χ1n) is 6.82. The number of aromatic nitrogens is 1. The Labute approximate surface area is 122 Å².